The minimum Gasteiger partial charge on any atom is -0.469 e. The highest BCUT2D eigenvalue weighted by atomic mass is 19.1. The lowest BCUT2D eigenvalue weighted by Crippen LogP contribution is -2.41. The van der Waals surface area contributed by atoms with Crippen molar-refractivity contribution in [2.45, 2.75) is 18.9 Å². The van der Waals surface area contributed by atoms with Crippen molar-refractivity contribution in [1.82, 2.24) is 5.32 Å². The number of rotatable bonds is 2. The Kier molecular flexibility index (Phi) is 5.72. The number of carbonyl (C=O) groups is 2. The Balaban J connectivity index is 2.10. The number of hydrogen-bond acceptors (Lipinski definition) is 5. The lowest BCUT2D eigenvalue weighted by atomic mass is 9.95. The topological polar surface area (TPSA) is 64.6 Å². The standard InChI is InChI=1S/C17H18FNO4/c1-22-16(20)12-4-7-14(19-10-12)6-3-11-9-13(18)5-8-15(11)17(21)23-2/h5,8-9,12,14,19H,4,7,10H2,1-2H3. The van der Waals surface area contributed by atoms with Crippen molar-refractivity contribution in [2.75, 3.05) is 20.8 Å². The van der Waals surface area contributed by atoms with Crippen LogP contribution in [0.4, 0.5) is 4.39 Å². The minimum atomic E-state index is -0.559. The number of methoxy groups -OCH3 is 2. The van der Waals surface area contributed by atoms with Gasteiger partial charge in [0.05, 0.1) is 31.7 Å². The number of benzene rings is 1. The molecule has 0 spiro atoms. The Bertz CT molecular complexity index is 654. The fourth-order valence-electron chi connectivity index (χ4n) is 2.42. The lowest BCUT2D eigenvalue weighted by Gasteiger charge is -2.25. The van der Waals surface area contributed by atoms with Crippen molar-refractivity contribution < 1.29 is 23.5 Å². The van der Waals surface area contributed by atoms with Crippen molar-refractivity contribution >= 4 is 11.9 Å². The molecule has 1 heterocycles. The van der Waals surface area contributed by atoms with Gasteiger partial charge in [0.1, 0.15) is 5.82 Å². The molecule has 1 saturated heterocycles. The zero-order valence-corrected chi connectivity index (χ0v) is 13.0. The monoisotopic (exact) mass is 319 g/mol. The van der Waals surface area contributed by atoms with Crippen LogP contribution in [0.5, 0.6) is 0 Å². The molecule has 1 aliphatic rings. The fraction of sp³-hybridized carbons (Fsp3) is 0.412. The third-order valence-electron chi connectivity index (χ3n) is 3.72. The van der Waals surface area contributed by atoms with Crippen LogP contribution in [0.1, 0.15) is 28.8 Å². The molecule has 0 aromatic heterocycles. The normalized spacial score (nSPS) is 20.1. The molecule has 1 fully saturated rings. The quantitative estimate of drug-likeness (QED) is 0.661. The second kappa shape index (κ2) is 7.75. The Morgan fingerprint density at radius 3 is 2.65 bits per heavy atom. The molecule has 2 atom stereocenters. The van der Waals surface area contributed by atoms with Gasteiger partial charge in [-0.2, -0.15) is 0 Å². The first-order chi connectivity index (χ1) is 11.0. The van der Waals surface area contributed by atoms with Crippen molar-refractivity contribution in [3.05, 3.63) is 35.1 Å². The Morgan fingerprint density at radius 1 is 1.26 bits per heavy atom. The molecule has 0 radical (unpaired) electrons. The summed E-state index contributed by atoms with van der Waals surface area (Å²) in [6.45, 7) is 0.485. The molecule has 1 aromatic rings. The molecule has 122 valence electrons. The SMILES string of the molecule is COC(=O)c1ccc(F)cc1C#CC1CCC(C(=O)OC)CN1. The molecule has 2 unspecified atom stereocenters. The first-order valence-electron chi connectivity index (χ1n) is 7.25. The van der Waals surface area contributed by atoms with Crippen LogP contribution in [0.15, 0.2) is 18.2 Å². The summed E-state index contributed by atoms with van der Waals surface area (Å²) < 4.78 is 22.8. The van der Waals surface area contributed by atoms with E-state index >= 15 is 0 Å². The maximum absolute atomic E-state index is 13.4. The van der Waals surface area contributed by atoms with Crippen molar-refractivity contribution in [1.29, 1.82) is 0 Å². The van der Waals surface area contributed by atoms with Crippen LogP contribution in [0, 0.1) is 23.6 Å². The zero-order chi connectivity index (χ0) is 16.8. The van der Waals surface area contributed by atoms with E-state index in [9.17, 15) is 14.0 Å². The third-order valence-corrected chi connectivity index (χ3v) is 3.72. The predicted molar refractivity (Wildman–Crippen MR) is 81.1 cm³/mol. The highest BCUT2D eigenvalue weighted by molar-refractivity contribution is 5.92. The van der Waals surface area contributed by atoms with E-state index in [0.717, 1.165) is 0 Å². The van der Waals surface area contributed by atoms with Crippen LogP contribution < -0.4 is 5.32 Å². The van der Waals surface area contributed by atoms with Gasteiger partial charge in [-0.05, 0) is 31.0 Å². The molecule has 1 N–H and O–H groups in total. The van der Waals surface area contributed by atoms with E-state index < -0.39 is 11.8 Å². The molecular weight excluding hydrogens is 301 g/mol. The van der Waals surface area contributed by atoms with Crippen LogP contribution in [0.2, 0.25) is 0 Å². The molecule has 2 rings (SSSR count). The summed E-state index contributed by atoms with van der Waals surface area (Å²) in [6.07, 6.45) is 1.35. The van der Waals surface area contributed by atoms with E-state index in [1.54, 1.807) is 0 Å². The second-order valence-electron chi connectivity index (χ2n) is 5.21. The Morgan fingerprint density at radius 2 is 2.04 bits per heavy atom. The van der Waals surface area contributed by atoms with E-state index in [1.807, 2.05) is 0 Å². The van der Waals surface area contributed by atoms with Crippen LogP contribution in [0.3, 0.4) is 0 Å². The van der Waals surface area contributed by atoms with Crippen molar-refractivity contribution in [3.8, 4) is 11.8 Å². The number of ether oxygens (including phenoxy) is 2. The molecule has 5 nitrogen and oxygen atoms in total. The van der Waals surface area contributed by atoms with Gasteiger partial charge in [0.2, 0.25) is 0 Å². The molecule has 0 bridgehead atoms. The lowest BCUT2D eigenvalue weighted by molar-refractivity contribution is -0.146. The van der Waals surface area contributed by atoms with Gasteiger partial charge < -0.3 is 14.8 Å². The second-order valence-corrected chi connectivity index (χ2v) is 5.21. The summed E-state index contributed by atoms with van der Waals surface area (Å²) in [5, 5.41) is 3.15. The number of nitrogens with one attached hydrogen (secondary N) is 1. The van der Waals surface area contributed by atoms with Gasteiger partial charge in [0.25, 0.3) is 0 Å². The molecule has 0 aliphatic carbocycles. The summed E-state index contributed by atoms with van der Waals surface area (Å²) in [7, 11) is 2.63. The van der Waals surface area contributed by atoms with Gasteiger partial charge in [0, 0.05) is 12.1 Å². The van der Waals surface area contributed by atoms with Crippen LogP contribution in [-0.4, -0.2) is 38.7 Å². The third kappa shape index (κ3) is 4.30. The highest BCUT2D eigenvalue weighted by Gasteiger charge is 2.25. The average molecular weight is 319 g/mol. The van der Waals surface area contributed by atoms with Crippen molar-refractivity contribution in [3.63, 3.8) is 0 Å². The first-order valence-corrected chi connectivity index (χ1v) is 7.25. The van der Waals surface area contributed by atoms with E-state index in [-0.39, 0.29) is 29.1 Å². The molecule has 23 heavy (non-hydrogen) atoms. The van der Waals surface area contributed by atoms with Gasteiger partial charge >= 0.3 is 11.9 Å². The summed E-state index contributed by atoms with van der Waals surface area (Å²) in [6, 6.07) is 3.63. The van der Waals surface area contributed by atoms with Crippen LogP contribution in [0.25, 0.3) is 0 Å². The summed E-state index contributed by atoms with van der Waals surface area (Å²) in [5.74, 6) is 4.37. The Labute approximate surface area is 134 Å². The summed E-state index contributed by atoms with van der Waals surface area (Å²) in [4.78, 5) is 23.1. The van der Waals surface area contributed by atoms with Gasteiger partial charge in [0.15, 0.2) is 0 Å². The molecule has 0 amide bonds. The Hall–Kier alpha value is -2.39. The minimum absolute atomic E-state index is 0.121. The molecule has 6 heteroatoms. The number of piperidine rings is 1. The van der Waals surface area contributed by atoms with Crippen molar-refractivity contribution in [2.24, 2.45) is 5.92 Å². The van der Waals surface area contributed by atoms with Gasteiger partial charge in [-0.3, -0.25) is 4.79 Å². The molecular formula is C17H18FNO4. The smallest absolute Gasteiger partial charge is 0.339 e. The summed E-state index contributed by atoms with van der Waals surface area (Å²) >= 11 is 0. The van der Waals surface area contributed by atoms with E-state index in [0.29, 0.717) is 19.4 Å². The largest absolute Gasteiger partial charge is 0.469 e. The predicted octanol–water partition coefficient (Wildman–Crippen LogP) is 1.50. The number of halogens is 1. The molecule has 1 aliphatic heterocycles. The van der Waals surface area contributed by atoms with E-state index in [2.05, 4.69) is 21.9 Å². The first kappa shape index (κ1) is 17.0. The van der Waals surface area contributed by atoms with Gasteiger partial charge in [-0.25, -0.2) is 9.18 Å². The fourth-order valence-corrected chi connectivity index (χ4v) is 2.42. The number of esters is 2. The van der Waals surface area contributed by atoms with Crippen LogP contribution >= 0.6 is 0 Å². The van der Waals surface area contributed by atoms with Gasteiger partial charge in [-0.15, -0.1) is 0 Å². The maximum Gasteiger partial charge on any atom is 0.339 e. The number of carbonyl (C=O) groups excluding carboxylic acids is 2. The van der Waals surface area contributed by atoms with E-state index in [1.165, 1.54) is 32.4 Å². The molecule has 1 aromatic carbocycles. The summed E-state index contributed by atoms with van der Waals surface area (Å²) in [5.41, 5.74) is 0.512. The maximum atomic E-state index is 13.4. The number of hydrogen-bond donors (Lipinski definition) is 1. The zero-order valence-electron chi connectivity index (χ0n) is 13.0. The van der Waals surface area contributed by atoms with Crippen LogP contribution in [-0.2, 0) is 14.3 Å². The van der Waals surface area contributed by atoms with Gasteiger partial charge in [-0.1, -0.05) is 11.8 Å². The molecule has 0 saturated carbocycles. The highest BCUT2D eigenvalue weighted by Crippen LogP contribution is 2.16. The van der Waals surface area contributed by atoms with E-state index in [4.69, 9.17) is 4.74 Å². The average Bonchev–Trinajstić information content (AvgIpc) is 2.59.